The highest BCUT2D eigenvalue weighted by molar-refractivity contribution is 5.23. The maximum Gasteiger partial charge on any atom is 0.123 e. The van der Waals surface area contributed by atoms with Crippen LogP contribution < -0.4 is 5.32 Å². The van der Waals surface area contributed by atoms with E-state index in [-0.39, 0.29) is 5.82 Å². The first-order chi connectivity index (χ1) is 8.81. The minimum absolute atomic E-state index is 0.121. The molecular weight excluding hydrogens is 229 g/mol. The summed E-state index contributed by atoms with van der Waals surface area (Å²) in [5.74, 6) is 0.410. The molecule has 0 bridgehead atoms. The molecule has 1 saturated carbocycles. The summed E-state index contributed by atoms with van der Waals surface area (Å²) in [5.41, 5.74) is 1.15. The van der Waals surface area contributed by atoms with Gasteiger partial charge in [-0.05, 0) is 49.3 Å². The third-order valence-corrected chi connectivity index (χ3v) is 4.09. The number of halogens is 1. The molecule has 1 aromatic carbocycles. The van der Waals surface area contributed by atoms with Crippen molar-refractivity contribution >= 4 is 0 Å². The van der Waals surface area contributed by atoms with E-state index in [1.165, 1.54) is 12.5 Å². The van der Waals surface area contributed by atoms with Crippen LogP contribution in [0.3, 0.4) is 0 Å². The second-order valence-corrected chi connectivity index (χ2v) is 5.50. The third-order valence-electron chi connectivity index (χ3n) is 4.09. The second kappa shape index (κ2) is 5.37. The van der Waals surface area contributed by atoms with Gasteiger partial charge in [0.15, 0.2) is 0 Å². The van der Waals surface area contributed by atoms with Crippen LogP contribution in [0.15, 0.2) is 24.3 Å². The summed E-state index contributed by atoms with van der Waals surface area (Å²) in [5, 5.41) is 3.65. The Hall–Kier alpha value is -0.930. The molecule has 2 nitrogen and oxygen atoms in total. The van der Waals surface area contributed by atoms with Gasteiger partial charge >= 0.3 is 0 Å². The third kappa shape index (κ3) is 2.73. The van der Waals surface area contributed by atoms with Crippen LogP contribution in [0.1, 0.15) is 37.2 Å². The van der Waals surface area contributed by atoms with Crippen molar-refractivity contribution in [2.24, 2.45) is 0 Å². The zero-order valence-electron chi connectivity index (χ0n) is 10.6. The standard InChI is InChI=1S/C15H20FNO/c16-13-4-1-3-11(7-13)12-8-15(9-12)17-14-5-2-6-18-10-14/h1,3-4,7,12,14-15,17H,2,5-6,8-10H2. The first-order valence-corrected chi connectivity index (χ1v) is 6.90. The summed E-state index contributed by atoms with van der Waals surface area (Å²) in [7, 11) is 0. The summed E-state index contributed by atoms with van der Waals surface area (Å²) in [6.45, 7) is 1.76. The Morgan fingerprint density at radius 3 is 2.83 bits per heavy atom. The van der Waals surface area contributed by atoms with Crippen LogP contribution in [0.5, 0.6) is 0 Å². The van der Waals surface area contributed by atoms with Crippen molar-refractivity contribution in [3.63, 3.8) is 0 Å². The fraction of sp³-hybridized carbons (Fsp3) is 0.600. The van der Waals surface area contributed by atoms with Gasteiger partial charge in [0.25, 0.3) is 0 Å². The molecule has 0 amide bonds. The Balaban J connectivity index is 1.48. The van der Waals surface area contributed by atoms with E-state index >= 15 is 0 Å². The van der Waals surface area contributed by atoms with Crippen molar-refractivity contribution in [1.82, 2.24) is 5.32 Å². The number of benzene rings is 1. The first kappa shape index (κ1) is 12.1. The molecule has 3 heteroatoms. The zero-order valence-corrected chi connectivity index (χ0v) is 10.6. The van der Waals surface area contributed by atoms with Crippen molar-refractivity contribution in [2.75, 3.05) is 13.2 Å². The van der Waals surface area contributed by atoms with E-state index in [0.29, 0.717) is 18.0 Å². The molecule has 1 aromatic rings. The van der Waals surface area contributed by atoms with Gasteiger partial charge in [0.05, 0.1) is 6.61 Å². The molecule has 1 heterocycles. The molecular formula is C15H20FNO. The summed E-state index contributed by atoms with van der Waals surface area (Å²) in [4.78, 5) is 0. The molecule has 18 heavy (non-hydrogen) atoms. The average Bonchev–Trinajstić information content (AvgIpc) is 2.34. The highest BCUT2D eigenvalue weighted by Crippen LogP contribution is 2.37. The molecule has 0 radical (unpaired) electrons. The molecule has 1 atom stereocenters. The second-order valence-electron chi connectivity index (χ2n) is 5.50. The predicted molar refractivity (Wildman–Crippen MR) is 69.1 cm³/mol. The zero-order chi connectivity index (χ0) is 12.4. The summed E-state index contributed by atoms with van der Waals surface area (Å²) in [6.07, 6.45) is 4.64. The Morgan fingerprint density at radius 2 is 2.11 bits per heavy atom. The lowest BCUT2D eigenvalue weighted by Crippen LogP contribution is -2.48. The maximum atomic E-state index is 13.1. The van der Waals surface area contributed by atoms with Crippen molar-refractivity contribution < 1.29 is 9.13 Å². The minimum atomic E-state index is -0.121. The molecule has 1 aliphatic carbocycles. The van der Waals surface area contributed by atoms with Gasteiger partial charge in [-0.1, -0.05) is 12.1 Å². The number of ether oxygens (including phenoxy) is 1. The summed E-state index contributed by atoms with van der Waals surface area (Å²) < 4.78 is 18.6. The Morgan fingerprint density at radius 1 is 1.22 bits per heavy atom. The van der Waals surface area contributed by atoms with Gasteiger partial charge in [-0.25, -0.2) is 4.39 Å². The number of hydrogen-bond acceptors (Lipinski definition) is 2. The van der Waals surface area contributed by atoms with Crippen LogP contribution in [-0.4, -0.2) is 25.3 Å². The highest BCUT2D eigenvalue weighted by Gasteiger charge is 2.32. The van der Waals surface area contributed by atoms with Crippen molar-refractivity contribution in [3.8, 4) is 0 Å². The lowest BCUT2D eigenvalue weighted by molar-refractivity contribution is 0.0600. The Labute approximate surface area is 108 Å². The van der Waals surface area contributed by atoms with Crippen LogP contribution in [0.25, 0.3) is 0 Å². The van der Waals surface area contributed by atoms with Crippen LogP contribution in [0, 0.1) is 5.82 Å². The average molecular weight is 249 g/mol. The highest BCUT2D eigenvalue weighted by atomic mass is 19.1. The molecule has 2 fully saturated rings. The number of hydrogen-bond donors (Lipinski definition) is 1. The van der Waals surface area contributed by atoms with Gasteiger partial charge < -0.3 is 10.1 Å². The number of nitrogens with one attached hydrogen (secondary N) is 1. The lowest BCUT2D eigenvalue weighted by Gasteiger charge is -2.39. The van der Waals surface area contributed by atoms with Crippen LogP contribution in [0.2, 0.25) is 0 Å². The van der Waals surface area contributed by atoms with Crippen molar-refractivity contribution in [1.29, 1.82) is 0 Å². The lowest BCUT2D eigenvalue weighted by atomic mass is 9.75. The Bertz CT molecular complexity index is 397. The molecule has 1 N–H and O–H groups in total. The van der Waals surface area contributed by atoms with E-state index in [1.807, 2.05) is 6.07 Å². The molecule has 1 unspecified atom stereocenters. The molecule has 3 rings (SSSR count). The SMILES string of the molecule is Fc1cccc(C2CC(NC3CCCOC3)C2)c1. The quantitative estimate of drug-likeness (QED) is 0.889. The fourth-order valence-electron chi connectivity index (χ4n) is 2.99. The van der Waals surface area contributed by atoms with Crippen LogP contribution in [0.4, 0.5) is 4.39 Å². The van der Waals surface area contributed by atoms with Crippen molar-refractivity contribution in [3.05, 3.63) is 35.6 Å². The van der Waals surface area contributed by atoms with Crippen LogP contribution in [-0.2, 0) is 4.74 Å². The smallest absolute Gasteiger partial charge is 0.123 e. The van der Waals surface area contributed by atoms with Gasteiger partial charge in [-0.15, -0.1) is 0 Å². The fourth-order valence-corrected chi connectivity index (χ4v) is 2.99. The monoisotopic (exact) mass is 249 g/mol. The van der Waals surface area contributed by atoms with E-state index in [2.05, 4.69) is 5.32 Å². The van der Waals surface area contributed by atoms with Gasteiger partial charge in [-0.3, -0.25) is 0 Å². The van der Waals surface area contributed by atoms with Gasteiger partial charge in [0.2, 0.25) is 0 Å². The van der Waals surface area contributed by atoms with E-state index < -0.39 is 0 Å². The Kier molecular flexibility index (Phi) is 3.62. The molecule has 0 aromatic heterocycles. The summed E-state index contributed by atoms with van der Waals surface area (Å²) >= 11 is 0. The predicted octanol–water partition coefficient (Wildman–Crippen LogP) is 2.84. The van der Waals surface area contributed by atoms with Gasteiger partial charge in [-0.2, -0.15) is 0 Å². The van der Waals surface area contributed by atoms with Crippen molar-refractivity contribution in [2.45, 2.75) is 43.7 Å². The van der Waals surface area contributed by atoms with E-state index in [9.17, 15) is 4.39 Å². The first-order valence-electron chi connectivity index (χ1n) is 6.90. The molecule has 98 valence electrons. The van der Waals surface area contributed by atoms with Gasteiger partial charge in [0, 0.05) is 18.7 Å². The largest absolute Gasteiger partial charge is 0.380 e. The normalized spacial score (nSPS) is 31.9. The van der Waals surface area contributed by atoms with E-state index in [0.717, 1.165) is 38.0 Å². The van der Waals surface area contributed by atoms with E-state index in [1.54, 1.807) is 12.1 Å². The molecule has 1 aliphatic heterocycles. The molecule has 2 aliphatic rings. The number of rotatable bonds is 3. The maximum absolute atomic E-state index is 13.1. The minimum Gasteiger partial charge on any atom is -0.380 e. The topological polar surface area (TPSA) is 21.3 Å². The van der Waals surface area contributed by atoms with E-state index in [4.69, 9.17) is 4.74 Å². The summed E-state index contributed by atoms with van der Waals surface area (Å²) in [6, 6.07) is 8.14. The van der Waals surface area contributed by atoms with Crippen LogP contribution >= 0.6 is 0 Å². The van der Waals surface area contributed by atoms with Gasteiger partial charge in [0.1, 0.15) is 5.82 Å². The molecule has 1 saturated heterocycles. The molecule has 0 spiro atoms.